The summed E-state index contributed by atoms with van der Waals surface area (Å²) in [6, 6.07) is 0. The number of carboxylic acid groups (broad SMARTS) is 4. The summed E-state index contributed by atoms with van der Waals surface area (Å²) < 4.78 is 5.62. The second kappa shape index (κ2) is 11.9. The molecule has 0 saturated heterocycles. The Hall–Kier alpha value is -2.73. The van der Waals surface area contributed by atoms with Crippen LogP contribution in [0, 0.1) is 0 Å². The molecule has 0 unspecified atom stereocenters. The van der Waals surface area contributed by atoms with Crippen LogP contribution in [0.4, 0.5) is 0 Å². The van der Waals surface area contributed by atoms with Gasteiger partial charge in [0.2, 0.25) is 0 Å². The molecule has 0 aromatic carbocycles. The summed E-state index contributed by atoms with van der Waals surface area (Å²) in [6.07, 6.45) is -2.70. The molecule has 1 atom stereocenters. The molecule has 0 heterocycles. The van der Waals surface area contributed by atoms with Crippen LogP contribution in [-0.4, -0.2) is 99.3 Å². The number of rotatable bonds is 11. The van der Waals surface area contributed by atoms with Gasteiger partial charge in [-0.3, -0.25) is 19.2 Å². The number of nitrogens with zero attached hydrogens (tertiary/aromatic N) is 1. The minimum atomic E-state index is -2.74. The number of esters is 1. The third kappa shape index (κ3) is 14.4. The average molecular weight is 410 g/mol. The molecule has 0 aliphatic carbocycles. The van der Waals surface area contributed by atoms with Crippen molar-refractivity contribution in [1.29, 1.82) is 0 Å². The number of carboxylic acids is 4. The van der Waals surface area contributed by atoms with Gasteiger partial charge in [-0.2, -0.15) is 0 Å². The van der Waals surface area contributed by atoms with E-state index in [1.807, 2.05) is 21.1 Å². The van der Waals surface area contributed by atoms with Gasteiger partial charge in [-0.1, -0.05) is 6.92 Å². The highest BCUT2D eigenvalue weighted by Gasteiger charge is 2.40. The van der Waals surface area contributed by atoms with E-state index in [4.69, 9.17) is 30.3 Å². The zero-order chi connectivity index (χ0) is 22.7. The smallest absolute Gasteiger partial charge is 0.336 e. The van der Waals surface area contributed by atoms with Crippen LogP contribution < -0.4 is 0 Å². The van der Waals surface area contributed by atoms with Crippen LogP contribution in [0.25, 0.3) is 0 Å². The number of carbonyl (C=O) groups is 5. The summed E-state index contributed by atoms with van der Waals surface area (Å²) in [4.78, 5) is 52.1. The van der Waals surface area contributed by atoms with Gasteiger partial charge in [0.25, 0.3) is 0 Å². The zero-order valence-corrected chi connectivity index (χ0v) is 16.2. The molecule has 0 rings (SSSR count). The summed E-state index contributed by atoms with van der Waals surface area (Å²) in [5, 5.41) is 42.5. The summed E-state index contributed by atoms with van der Waals surface area (Å²) in [6.45, 7) is 2.18. The predicted octanol–water partition coefficient (Wildman–Crippen LogP) is -0.759. The van der Waals surface area contributed by atoms with Gasteiger partial charge in [-0.05, 0) is 0 Å². The third-order valence-electron chi connectivity index (χ3n) is 3.03. The Morgan fingerprint density at radius 1 is 0.893 bits per heavy atom. The Balaban J connectivity index is 0. The van der Waals surface area contributed by atoms with Crippen LogP contribution in [0.15, 0.2) is 0 Å². The first kappa shape index (κ1) is 27.5. The molecule has 0 aromatic heterocycles. The number of carbonyl (C=O) groups excluding carboxylic acids is 1. The van der Waals surface area contributed by atoms with Gasteiger partial charge < -0.3 is 34.8 Å². The van der Waals surface area contributed by atoms with Crippen LogP contribution in [0.2, 0.25) is 0 Å². The van der Waals surface area contributed by atoms with Crippen molar-refractivity contribution in [1.82, 2.24) is 0 Å². The van der Waals surface area contributed by atoms with E-state index in [1.165, 1.54) is 0 Å². The van der Waals surface area contributed by atoms with Crippen molar-refractivity contribution in [2.24, 2.45) is 0 Å². The van der Waals surface area contributed by atoms with Crippen molar-refractivity contribution in [3.63, 3.8) is 0 Å². The van der Waals surface area contributed by atoms with E-state index in [0.29, 0.717) is 11.0 Å². The number of hydrogen-bond acceptors (Lipinski definition) is 7. The lowest BCUT2D eigenvalue weighted by Gasteiger charge is -2.28. The molecule has 12 heteroatoms. The minimum Gasteiger partial charge on any atom is -0.481 e. The van der Waals surface area contributed by atoms with Gasteiger partial charge in [0.05, 0.1) is 40.4 Å². The van der Waals surface area contributed by atoms with Crippen LogP contribution in [0.5, 0.6) is 0 Å². The van der Waals surface area contributed by atoms with Crippen LogP contribution in [0.3, 0.4) is 0 Å². The average Bonchev–Trinajstić information content (AvgIpc) is 2.43. The van der Waals surface area contributed by atoms with Crippen LogP contribution in [0.1, 0.15) is 32.6 Å². The van der Waals surface area contributed by atoms with E-state index in [9.17, 15) is 24.0 Å². The maximum atomic E-state index is 11.1. The molecule has 0 radical (unpaired) electrons. The third-order valence-corrected chi connectivity index (χ3v) is 3.03. The molecular formula is C16H28NO11+. The van der Waals surface area contributed by atoms with Gasteiger partial charge in [0, 0.05) is 6.42 Å². The minimum absolute atomic E-state index is 0.138. The van der Waals surface area contributed by atoms with Crippen molar-refractivity contribution in [2.75, 3.05) is 27.7 Å². The lowest BCUT2D eigenvalue weighted by atomic mass is 9.96. The maximum Gasteiger partial charge on any atom is 0.336 e. The number of ether oxygens (including phenoxy) is 1. The first-order valence-electron chi connectivity index (χ1n) is 8.13. The second-order valence-electron chi connectivity index (χ2n) is 7.01. The SMILES string of the molecule is CCC(=O)O[C@H](CC(=O)O)C[N+](C)(C)C.O=C(O)CC(O)(CC(=O)O)C(=O)O. The van der Waals surface area contributed by atoms with Crippen molar-refractivity contribution in [2.45, 2.75) is 44.3 Å². The number of likely N-dealkylation sites (N-methyl/N-ethyl adjacent to an activating group) is 1. The molecule has 0 aliphatic heterocycles. The number of aliphatic carboxylic acids is 4. The molecule has 0 spiro atoms. The lowest BCUT2D eigenvalue weighted by Crippen LogP contribution is -2.43. The molecule has 0 amide bonds. The van der Waals surface area contributed by atoms with Gasteiger partial charge in [0.1, 0.15) is 6.54 Å². The largest absolute Gasteiger partial charge is 0.481 e. The fourth-order valence-electron chi connectivity index (χ4n) is 1.93. The zero-order valence-electron chi connectivity index (χ0n) is 16.2. The molecule has 0 aliphatic rings. The van der Waals surface area contributed by atoms with Crippen molar-refractivity contribution in [3.8, 4) is 0 Å². The molecule has 28 heavy (non-hydrogen) atoms. The van der Waals surface area contributed by atoms with Crippen LogP contribution in [-0.2, 0) is 28.7 Å². The molecular weight excluding hydrogens is 382 g/mol. The Kier molecular flexibility index (Phi) is 11.7. The summed E-state index contributed by atoms with van der Waals surface area (Å²) in [5.41, 5.74) is -2.74. The Morgan fingerprint density at radius 2 is 1.32 bits per heavy atom. The maximum absolute atomic E-state index is 11.1. The molecule has 0 bridgehead atoms. The molecule has 0 aromatic rings. The number of quaternary nitrogens is 1. The molecule has 5 N–H and O–H groups in total. The molecule has 162 valence electrons. The monoisotopic (exact) mass is 410 g/mol. The molecule has 0 fully saturated rings. The Morgan fingerprint density at radius 3 is 1.57 bits per heavy atom. The number of aliphatic hydroxyl groups is 1. The van der Waals surface area contributed by atoms with Crippen molar-refractivity contribution in [3.05, 3.63) is 0 Å². The Bertz CT molecular complexity index is 564. The van der Waals surface area contributed by atoms with Crippen molar-refractivity contribution < 1.29 is 58.7 Å². The molecule has 0 saturated carbocycles. The molecule has 12 nitrogen and oxygen atoms in total. The standard InChI is InChI=1S/C10H19NO4.C6H8O7/c1-5-10(14)15-8(6-9(12)13)7-11(2,3)4;7-3(8)1-6(13,5(11)12)2-4(9)10/h8H,5-7H2,1-4H3;13H,1-2H2,(H,7,8)(H,9,10)(H,11,12)/p+1/t8-;/m1./s1. The summed E-state index contributed by atoms with van der Waals surface area (Å²) in [5.74, 6) is -6.32. The van der Waals surface area contributed by atoms with Gasteiger partial charge in [0.15, 0.2) is 11.7 Å². The van der Waals surface area contributed by atoms with E-state index in [-0.39, 0.29) is 18.8 Å². The first-order valence-corrected chi connectivity index (χ1v) is 8.13. The predicted molar refractivity (Wildman–Crippen MR) is 92.4 cm³/mol. The fraction of sp³-hybridized carbons (Fsp3) is 0.688. The van der Waals surface area contributed by atoms with Crippen LogP contribution >= 0.6 is 0 Å². The van der Waals surface area contributed by atoms with E-state index < -0.39 is 48.4 Å². The van der Waals surface area contributed by atoms with Crippen molar-refractivity contribution >= 4 is 29.8 Å². The summed E-state index contributed by atoms with van der Waals surface area (Å²) >= 11 is 0. The first-order chi connectivity index (χ1) is 12.5. The second-order valence-corrected chi connectivity index (χ2v) is 7.01. The van der Waals surface area contributed by atoms with E-state index in [2.05, 4.69) is 0 Å². The lowest BCUT2D eigenvalue weighted by molar-refractivity contribution is -0.873. The van der Waals surface area contributed by atoms with E-state index >= 15 is 0 Å². The van der Waals surface area contributed by atoms with Gasteiger partial charge >= 0.3 is 29.8 Å². The quantitative estimate of drug-likeness (QED) is 0.212. The van der Waals surface area contributed by atoms with Gasteiger partial charge in [-0.15, -0.1) is 0 Å². The normalized spacial score (nSPS) is 12.2. The highest BCUT2D eigenvalue weighted by atomic mass is 16.5. The van der Waals surface area contributed by atoms with E-state index in [0.717, 1.165) is 0 Å². The fourth-order valence-corrected chi connectivity index (χ4v) is 1.93. The number of hydrogen-bond donors (Lipinski definition) is 5. The topological polar surface area (TPSA) is 196 Å². The van der Waals surface area contributed by atoms with E-state index in [1.54, 1.807) is 6.92 Å². The summed E-state index contributed by atoms with van der Waals surface area (Å²) in [7, 11) is 5.78. The highest BCUT2D eigenvalue weighted by Crippen LogP contribution is 2.15. The Labute approximate surface area is 161 Å². The highest BCUT2D eigenvalue weighted by molar-refractivity contribution is 5.88. The van der Waals surface area contributed by atoms with Gasteiger partial charge in [-0.25, -0.2) is 4.79 Å².